The lowest BCUT2D eigenvalue weighted by Crippen LogP contribution is -2.08. The quantitative estimate of drug-likeness (QED) is 0.538. The fourth-order valence-electron chi connectivity index (χ4n) is 1.98. The zero-order valence-electron chi connectivity index (χ0n) is 12.5. The summed E-state index contributed by atoms with van der Waals surface area (Å²) in [5, 5.41) is 0. The van der Waals surface area contributed by atoms with E-state index < -0.39 is 0 Å². The van der Waals surface area contributed by atoms with Gasteiger partial charge in [-0.05, 0) is 46.4 Å². The molecule has 0 fully saturated rings. The minimum atomic E-state index is -0.271. The Morgan fingerprint density at radius 1 is 1.05 bits per heavy atom. The highest BCUT2D eigenvalue weighted by molar-refractivity contribution is 14.1. The van der Waals surface area contributed by atoms with Crippen molar-refractivity contribution in [2.45, 2.75) is 13.0 Å². The van der Waals surface area contributed by atoms with Crippen LogP contribution in [0.25, 0.3) is 0 Å². The lowest BCUT2D eigenvalue weighted by molar-refractivity contribution is -0.144. The molecule has 0 unspecified atom stereocenters. The highest BCUT2D eigenvalue weighted by Gasteiger charge is 2.10. The molecule has 2 aromatic carbocycles. The summed E-state index contributed by atoms with van der Waals surface area (Å²) in [5.41, 5.74) is 1.83. The molecule has 116 valence electrons. The average molecular weight is 412 g/mol. The number of rotatable bonds is 6. The van der Waals surface area contributed by atoms with Crippen molar-refractivity contribution in [3.8, 4) is 11.5 Å². The van der Waals surface area contributed by atoms with Gasteiger partial charge in [0.15, 0.2) is 11.5 Å². The first-order valence-corrected chi connectivity index (χ1v) is 7.82. The molecular formula is C17H17IO4. The molecule has 0 bridgehead atoms. The molecule has 0 aromatic heterocycles. The SMILES string of the molecule is COc1ccc(CC(=O)OCc2ccccc2I)cc1OC. The van der Waals surface area contributed by atoms with Crippen LogP contribution >= 0.6 is 22.6 Å². The fourth-order valence-corrected chi connectivity index (χ4v) is 2.53. The van der Waals surface area contributed by atoms with Crippen LogP contribution in [0.4, 0.5) is 0 Å². The van der Waals surface area contributed by atoms with Gasteiger partial charge in [-0.25, -0.2) is 0 Å². The Labute approximate surface area is 143 Å². The van der Waals surface area contributed by atoms with Gasteiger partial charge in [-0.3, -0.25) is 4.79 Å². The van der Waals surface area contributed by atoms with Gasteiger partial charge >= 0.3 is 5.97 Å². The van der Waals surface area contributed by atoms with Crippen molar-refractivity contribution in [1.82, 2.24) is 0 Å². The smallest absolute Gasteiger partial charge is 0.310 e. The molecule has 4 nitrogen and oxygen atoms in total. The minimum Gasteiger partial charge on any atom is -0.493 e. The molecule has 2 rings (SSSR count). The van der Waals surface area contributed by atoms with E-state index in [0.29, 0.717) is 11.5 Å². The van der Waals surface area contributed by atoms with Gasteiger partial charge in [0, 0.05) is 9.13 Å². The van der Waals surface area contributed by atoms with Gasteiger partial charge < -0.3 is 14.2 Å². The van der Waals surface area contributed by atoms with Crippen LogP contribution in [-0.4, -0.2) is 20.2 Å². The number of benzene rings is 2. The lowest BCUT2D eigenvalue weighted by atomic mass is 10.1. The van der Waals surface area contributed by atoms with Crippen LogP contribution in [0.2, 0.25) is 0 Å². The zero-order chi connectivity index (χ0) is 15.9. The Bertz CT molecular complexity index is 655. The van der Waals surface area contributed by atoms with E-state index in [-0.39, 0.29) is 19.0 Å². The molecule has 5 heteroatoms. The van der Waals surface area contributed by atoms with E-state index >= 15 is 0 Å². The third kappa shape index (κ3) is 4.37. The van der Waals surface area contributed by atoms with Crippen molar-refractivity contribution >= 4 is 28.6 Å². The Kier molecular flexibility index (Phi) is 6.06. The summed E-state index contributed by atoms with van der Waals surface area (Å²) in [6.45, 7) is 0.283. The summed E-state index contributed by atoms with van der Waals surface area (Å²) in [7, 11) is 3.14. The maximum Gasteiger partial charge on any atom is 0.310 e. The Morgan fingerprint density at radius 3 is 2.45 bits per heavy atom. The molecule has 0 spiro atoms. The predicted octanol–water partition coefficient (Wildman–Crippen LogP) is 3.59. The number of carbonyl (C=O) groups excluding carboxylic acids is 1. The lowest BCUT2D eigenvalue weighted by Gasteiger charge is -2.10. The van der Waals surface area contributed by atoms with Crippen molar-refractivity contribution in [1.29, 1.82) is 0 Å². The number of halogens is 1. The Balaban J connectivity index is 1.96. The van der Waals surface area contributed by atoms with Gasteiger partial charge in [0.1, 0.15) is 6.61 Å². The molecule has 0 saturated carbocycles. The number of methoxy groups -OCH3 is 2. The molecular weight excluding hydrogens is 395 g/mol. The van der Waals surface area contributed by atoms with Crippen LogP contribution in [0, 0.1) is 3.57 Å². The van der Waals surface area contributed by atoms with Crippen LogP contribution in [0.3, 0.4) is 0 Å². The summed E-state index contributed by atoms with van der Waals surface area (Å²) < 4.78 is 16.8. The summed E-state index contributed by atoms with van der Waals surface area (Å²) in [6, 6.07) is 13.2. The van der Waals surface area contributed by atoms with Gasteiger partial charge in [0.2, 0.25) is 0 Å². The van der Waals surface area contributed by atoms with Crippen LogP contribution in [0.1, 0.15) is 11.1 Å². The van der Waals surface area contributed by atoms with Crippen molar-refractivity contribution in [2.24, 2.45) is 0 Å². The molecule has 0 heterocycles. The maximum atomic E-state index is 12.0. The summed E-state index contributed by atoms with van der Waals surface area (Å²) in [6.07, 6.45) is 0.198. The Morgan fingerprint density at radius 2 is 1.77 bits per heavy atom. The van der Waals surface area contributed by atoms with Crippen molar-refractivity contribution in [2.75, 3.05) is 14.2 Å². The topological polar surface area (TPSA) is 44.8 Å². The predicted molar refractivity (Wildman–Crippen MR) is 92.2 cm³/mol. The van der Waals surface area contributed by atoms with E-state index in [4.69, 9.17) is 14.2 Å². The first kappa shape index (κ1) is 16.6. The summed E-state index contributed by atoms with van der Waals surface area (Å²) >= 11 is 2.23. The first-order chi connectivity index (χ1) is 10.6. The molecule has 0 atom stereocenters. The number of hydrogen-bond donors (Lipinski definition) is 0. The van der Waals surface area contributed by atoms with Gasteiger partial charge in [0.05, 0.1) is 20.6 Å². The highest BCUT2D eigenvalue weighted by Crippen LogP contribution is 2.27. The maximum absolute atomic E-state index is 12.0. The summed E-state index contributed by atoms with van der Waals surface area (Å²) in [5.74, 6) is 0.968. The van der Waals surface area contributed by atoms with E-state index in [0.717, 1.165) is 14.7 Å². The van der Waals surface area contributed by atoms with Gasteiger partial charge in [-0.15, -0.1) is 0 Å². The second kappa shape index (κ2) is 8.03. The zero-order valence-corrected chi connectivity index (χ0v) is 14.6. The van der Waals surface area contributed by atoms with Gasteiger partial charge in [-0.2, -0.15) is 0 Å². The number of carbonyl (C=O) groups is 1. The van der Waals surface area contributed by atoms with Gasteiger partial charge in [-0.1, -0.05) is 24.3 Å². The third-order valence-electron chi connectivity index (χ3n) is 3.14. The molecule has 22 heavy (non-hydrogen) atoms. The van der Waals surface area contributed by atoms with Crippen molar-refractivity contribution < 1.29 is 19.0 Å². The van der Waals surface area contributed by atoms with E-state index in [1.807, 2.05) is 30.3 Å². The molecule has 0 aliphatic heterocycles. The number of ether oxygens (including phenoxy) is 3. The van der Waals surface area contributed by atoms with E-state index in [1.165, 1.54) is 0 Å². The van der Waals surface area contributed by atoms with E-state index in [9.17, 15) is 4.79 Å². The molecule has 0 radical (unpaired) electrons. The third-order valence-corrected chi connectivity index (χ3v) is 4.20. The minimum absolute atomic E-state index is 0.198. The van der Waals surface area contributed by atoms with Crippen LogP contribution in [0.15, 0.2) is 42.5 Å². The number of hydrogen-bond acceptors (Lipinski definition) is 4. The van der Waals surface area contributed by atoms with Crippen LogP contribution in [-0.2, 0) is 22.6 Å². The Hall–Kier alpha value is -1.76. The van der Waals surface area contributed by atoms with E-state index in [2.05, 4.69) is 22.6 Å². The first-order valence-electron chi connectivity index (χ1n) is 6.74. The van der Waals surface area contributed by atoms with Crippen LogP contribution in [0.5, 0.6) is 11.5 Å². The molecule has 0 aliphatic rings. The fraction of sp³-hybridized carbons (Fsp3) is 0.235. The largest absolute Gasteiger partial charge is 0.493 e. The normalized spacial score (nSPS) is 10.1. The molecule has 2 aromatic rings. The summed E-state index contributed by atoms with van der Waals surface area (Å²) in [4.78, 5) is 12.0. The van der Waals surface area contributed by atoms with Gasteiger partial charge in [0.25, 0.3) is 0 Å². The average Bonchev–Trinajstić information content (AvgIpc) is 2.54. The van der Waals surface area contributed by atoms with Crippen molar-refractivity contribution in [3.63, 3.8) is 0 Å². The van der Waals surface area contributed by atoms with Crippen molar-refractivity contribution in [3.05, 3.63) is 57.2 Å². The molecule has 0 saturated heterocycles. The molecule has 0 aliphatic carbocycles. The second-order valence-electron chi connectivity index (χ2n) is 4.62. The van der Waals surface area contributed by atoms with Crippen LogP contribution < -0.4 is 9.47 Å². The second-order valence-corrected chi connectivity index (χ2v) is 5.78. The monoisotopic (exact) mass is 412 g/mol. The molecule has 0 N–H and O–H groups in total. The molecule has 0 amide bonds. The number of esters is 1. The highest BCUT2D eigenvalue weighted by atomic mass is 127. The van der Waals surface area contributed by atoms with E-state index in [1.54, 1.807) is 26.4 Å². The standard InChI is InChI=1S/C17H17IO4/c1-20-15-8-7-12(9-16(15)21-2)10-17(19)22-11-13-5-3-4-6-14(13)18/h3-9H,10-11H2,1-2H3.